The van der Waals surface area contributed by atoms with Crippen LogP contribution in [0.4, 0.5) is 5.82 Å². The lowest BCUT2D eigenvalue weighted by Gasteiger charge is -2.25. The Morgan fingerprint density at radius 2 is 2.12 bits per heavy atom. The maximum Gasteiger partial charge on any atom is 0.226 e. The molecule has 1 aromatic carbocycles. The fourth-order valence-corrected chi connectivity index (χ4v) is 3.18. The molecule has 0 spiro atoms. The van der Waals surface area contributed by atoms with Gasteiger partial charge in [-0.15, -0.1) is 0 Å². The van der Waals surface area contributed by atoms with Crippen molar-refractivity contribution in [2.75, 3.05) is 25.5 Å². The molecule has 0 aliphatic carbocycles. The minimum atomic E-state index is 0.0259. The highest BCUT2D eigenvalue weighted by Gasteiger charge is 2.31. The summed E-state index contributed by atoms with van der Waals surface area (Å²) in [4.78, 5) is 23.5. The zero-order chi connectivity index (χ0) is 17.6. The Morgan fingerprint density at radius 3 is 2.88 bits per heavy atom. The molecule has 1 N–H and O–H groups in total. The van der Waals surface area contributed by atoms with Crippen molar-refractivity contribution < 1.29 is 9.53 Å². The van der Waals surface area contributed by atoms with E-state index in [0.29, 0.717) is 18.9 Å². The number of nitrogens with zero attached hydrogens (tertiary/aromatic N) is 3. The molecule has 0 bridgehead atoms. The van der Waals surface area contributed by atoms with Crippen molar-refractivity contribution in [3.8, 4) is 5.75 Å². The van der Waals surface area contributed by atoms with E-state index < -0.39 is 0 Å². The van der Waals surface area contributed by atoms with Crippen molar-refractivity contribution in [2.24, 2.45) is 0 Å². The minimum Gasteiger partial charge on any atom is -0.493 e. The van der Waals surface area contributed by atoms with Crippen LogP contribution in [0, 0.1) is 6.92 Å². The highest BCUT2D eigenvalue weighted by molar-refractivity contribution is 5.77. The Hall–Kier alpha value is -2.63. The average Bonchev–Trinajstić information content (AvgIpc) is 3.12. The lowest BCUT2D eigenvalue weighted by molar-refractivity contribution is -0.132. The summed E-state index contributed by atoms with van der Waals surface area (Å²) in [6.45, 7) is 3.03. The molecule has 1 aliphatic rings. The first-order valence-electron chi connectivity index (χ1n) is 8.68. The number of hydrogen-bond donors (Lipinski definition) is 1. The first kappa shape index (κ1) is 17.2. The van der Waals surface area contributed by atoms with Crippen LogP contribution in [0.2, 0.25) is 0 Å². The van der Waals surface area contributed by atoms with E-state index in [0.717, 1.165) is 36.6 Å². The molecule has 1 fully saturated rings. The summed E-state index contributed by atoms with van der Waals surface area (Å²) < 4.78 is 5.65. The summed E-state index contributed by atoms with van der Waals surface area (Å²) >= 11 is 0. The highest BCUT2D eigenvalue weighted by Crippen LogP contribution is 2.32. The number of aryl methyl sites for hydroxylation is 1. The van der Waals surface area contributed by atoms with Gasteiger partial charge >= 0.3 is 0 Å². The molecular weight excluding hydrogens is 316 g/mol. The number of para-hydroxylation sites is 1. The van der Waals surface area contributed by atoms with Gasteiger partial charge in [-0.2, -0.15) is 0 Å². The largest absolute Gasteiger partial charge is 0.493 e. The maximum absolute atomic E-state index is 12.6. The number of nitrogens with one attached hydrogen (secondary N) is 1. The number of benzene rings is 1. The smallest absolute Gasteiger partial charge is 0.226 e. The van der Waals surface area contributed by atoms with Crippen LogP contribution in [-0.2, 0) is 4.79 Å². The highest BCUT2D eigenvalue weighted by atomic mass is 16.5. The first-order chi connectivity index (χ1) is 12.2. The summed E-state index contributed by atoms with van der Waals surface area (Å²) in [5, 5.41) is 3.05. The molecule has 25 heavy (non-hydrogen) atoms. The molecule has 1 saturated heterocycles. The van der Waals surface area contributed by atoms with E-state index in [2.05, 4.69) is 15.3 Å². The van der Waals surface area contributed by atoms with E-state index in [1.165, 1.54) is 0 Å². The molecule has 1 amide bonds. The molecule has 2 heterocycles. The second kappa shape index (κ2) is 7.96. The van der Waals surface area contributed by atoms with Gasteiger partial charge in [-0.25, -0.2) is 9.97 Å². The van der Waals surface area contributed by atoms with Gasteiger partial charge in [0.25, 0.3) is 0 Å². The molecule has 132 valence electrons. The van der Waals surface area contributed by atoms with Crippen molar-refractivity contribution in [3.05, 3.63) is 47.9 Å². The van der Waals surface area contributed by atoms with Gasteiger partial charge < -0.3 is 15.0 Å². The number of rotatable bonds is 6. The van der Waals surface area contributed by atoms with E-state index in [4.69, 9.17) is 4.74 Å². The Balaban J connectivity index is 1.62. The summed E-state index contributed by atoms with van der Waals surface area (Å²) in [5.41, 5.74) is 0.909. The SMILES string of the molecule is CNc1cc(C2CCCN2C(=O)CCOc2ccccc2)nc(C)n1. The molecular formula is C19H24N4O2. The van der Waals surface area contributed by atoms with Crippen LogP contribution in [-0.4, -0.2) is 41.0 Å². The number of carbonyl (C=O) groups excluding carboxylic acids is 1. The predicted molar refractivity (Wildman–Crippen MR) is 96.6 cm³/mol. The van der Waals surface area contributed by atoms with E-state index in [-0.39, 0.29) is 11.9 Å². The predicted octanol–water partition coefficient (Wildman–Crippen LogP) is 2.96. The van der Waals surface area contributed by atoms with Crippen molar-refractivity contribution in [3.63, 3.8) is 0 Å². The number of ether oxygens (including phenoxy) is 1. The van der Waals surface area contributed by atoms with Crippen molar-refractivity contribution in [2.45, 2.75) is 32.2 Å². The van der Waals surface area contributed by atoms with Gasteiger partial charge in [-0.05, 0) is 31.9 Å². The van der Waals surface area contributed by atoms with Gasteiger partial charge in [-0.3, -0.25) is 4.79 Å². The van der Waals surface area contributed by atoms with Gasteiger partial charge in [0.2, 0.25) is 5.91 Å². The molecule has 1 atom stereocenters. The van der Waals surface area contributed by atoms with E-state index in [1.807, 2.05) is 55.3 Å². The third-order valence-corrected chi connectivity index (χ3v) is 4.36. The van der Waals surface area contributed by atoms with Crippen LogP contribution in [0.15, 0.2) is 36.4 Å². The maximum atomic E-state index is 12.6. The average molecular weight is 340 g/mol. The number of hydrogen-bond acceptors (Lipinski definition) is 5. The topological polar surface area (TPSA) is 67.4 Å². The molecule has 2 aromatic rings. The van der Waals surface area contributed by atoms with E-state index in [9.17, 15) is 4.79 Å². The molecule has 6 nitrogen and oxygen atoms in total. The Kier molecular flexibility index (Phi) is 5.48. The second-order valence-electron chi connectivity index (χ2n) is 6.13. The second-order valence-corrected chi connectivity index (χ2v) is 6.13. The quantitative estimate of drug-likeness (QED) is 0.876. The fraction of sp³-hybridized carbons (Fsp3) is 0.421. The summed E-state index contributed by atoms with van der Waals surface area (Å²) in [7, 11) is 1.84. The van der Waals surface area contributed by atoms with Gasteiger partial charge in [0, 0.05) is 19.7 Å². The van der Waals surface area contributed by atoms with Gasteiger partial charge in [-0.1, -0.05) is 18.2 Å². The standard InChI is InChI=1S/C19H24N4O2/c1-14-21-16(13-18(20-2)22-14)17-9-6-11-23(17)19(24)10-12-25-15-7-4-3-5-8-15/h3-5,7-8,13,17H,6,9-12H2,1-2H3,(H,20,21,22). The summed E-state index contributed by atoms with van der Waals surface area (Å²) in [5.74, 6) is 2.40. The van der Waals surface area contributed by atoms with Gasteiger partial charge in [0.05, 0.1) is 24.8 Å². The van der Waals surface area contributed by atoms with Crippen LogP contribution >= 0.6 is 0 Å². The summed E-state index contributed by atoms with van der Waals surface area (Å²) in [6, 6.07) is 11.5. The molecule has 6 heteroatoms. The lowest BCUT2D eigenvalue weighted by Crippen LogP contribution is -2.32. The molecule has 1 aromatic heterocycles. The molecule has 3 rings (SSSR count). The van der Waals surface area contributed by atoms with Crippen LogP contribution in [0.1, 0.15) is 36.8 Å². The zero-order valence-electron chi connectivity index (χ0n) is 14.7. The normalized spacial score (nSPS) is 16.7. The van der Waals surface area contributed by atoms with E-state index >= 15 is 0 Å². The zero-order valence-corrected chi connectivity index (χ0v) is 14.7. The van der Waals surface area contributed by atoms with Crippen molar-refractivity contribution in [1.82, 2.24) is 14.9 Å². The molecule has 0 radical (unpaired) electrons. The van der Waals surface area contributed by atoms with Crippen LogP contribution in [0.5, 0.6) is 5.75 Å². The fourth-order valence-electron chi connectivity index (χ4n) is 3.18. The molecule has 1 aliphatic heterocycles. The molecule has 1 unspecified atom stereocenters. The minimum absolute atomic E-state index is 0.0259. The monoisotopic (exact) mass is 340 g/mol. The Morgan fingerprint density at radius 1 is 1.32 bits per heavy atom. The van der Waals surface area contributed by atoms with Crippen LogP contribution < -0.4 is 10.1 Å². The summed E-state index contributed by atoms with van der Waals surface area (Å²) in [6.07, 6.45) is 2.30. The Labute approximate surface area is 148 Å². The first-order valence-corrected chi connectivity index (χ1v) is 8.68. The number of likely N-dealkylation sites (tertiary alicyclic amines) is 1. The van der Waals surface area contributed by atoms with Crippen molar-refractivity contribution in [1.29, 1.82) is 0 Å². The number of anilines is 1. The van der Waals surface area contributed by atoms with Crippen molar-refractivity contribution >= 4 is 11.7 Å². The third kappa shape index (κ3) is 4.26. The third-order valence-electron chi connectivity index (χ3n) is 4.36. The number of carbonyl (C=O) groups is 1. The van der Waals surface area contributed by atoms with Crippen LogP contribution in [0.25, 0.3) is 0 Å². The number of amides is 1. The number of aromatic nitrogens is 2. The van der Waals surface area contributed by atoms with Gasteiger partial charge in [0.1, 0.15) is 17.4 Å². The lowest BCUT2D eigenvalue weighted by atomic mass is 10.1. The molecule has 0 saturated carbocycles. The van der Waals surface area contributed by atoms with E-state index in [1.54, 1.807) is 0 Å². The Bertz CT molecular complexity index is 721. The van der Waals surface area contributed by atoms with Gasteiger partial charge in [0.15, 0.2) is 0 Å². The van der Waals surface area contributed by atoms with Crippen LogP contribution in [0.3, 0.4) is 0 Å².